The maximum absolute atomic E-state index is 11.1. The molecular weight excluding hydrogens is 188 g/mol. The number of nitrogens with two attached hydrogens (primary N) is 1. The number of primary amides is 1. The van der Waals surface area contributed by atoms with Gasteiger partial charge in [0.15, 0.2) is 0 Å². The topological polar surface area (TPSA) is 56.0 Å². The maximum atomic E-state index is 11.1. The number of hydrogen-bond acceptors (Lipinski definition) is 2. The molecule has 1 fully saturated rings. The van der Waals surface area contributed by atoms with E-state index in [0.29, 0.717) is 0 Å². The molecule has 2 rings (SSSR count). The summed E-state index contributed by atoms with van der Waals surface area (Å²) in [6, 6.07) is 5.57. The zero-order valence-corrected chi connectivity index (χ0v) is 7.88. The van der Waals surface area contributed by atoms with Crippen LogP contribution in [0, 0.1) is 0 Å². The Morgan fingerprint density at radius 3 is 2.54 bits per heavy atom. The zero-order valence-electron chi connectivity index (χ0n) is 7.06. The van der Waals surface area contributed by atoms with Crippen molar-refractivity contribution in [3.05, 3.63) is 30.1 Å². The fourth-order valence-corrected chi connectivity index (χ4v) is 1.40. The van der Waals surface area contributed by atoms with Crippen molar-refractivity contribution in [3.8, 4) is 0 Å². The molecule has 0 atom stereocenters. The van der Waals surface area contributed by atoms with Gasteiger partial charge in [0.2, 0.25) is 5.91 Å². The fourth-order valence-electron chi connectivity index (χ4n) is 1.40. The lowest BCUT2D eigenvalue weighted by Gasteiger charge is -2.08. The van der Waals surface area contributed by atoms with E-state index in [-0.39, 0.29) is 18.3 Å². The molecule has 0 saturated heterocycles. The van der Waals surface area contributed by atoms with Gasteiger partial charge in [0.05, 0.1) is 11.1 Å². The van der Waals surface area contributed by atoms with Crippen molar-refractivity contribution in [1.82, 2.24) is 4.98 Å². The summed E-state index contributed by atoms with van der Waals surface area (Å²) in [5.74, 6) is -0.249. The van der Waals surface area contributed by atoms with Crippen LogP contribution in [0.3, 0.4) is 0 Å². The molecule has 0 aromatic carbocycles. The Labute approximate surface area is 82.8 Å². The third-order valence-corrected chi connectivity index (χ3v) is 2.38. The molecule has 0 aliphatic heterocycles. The molecule has 3 nitrogen and oxygen atoms in total. The van der Waals surface area contributed by atoms with Crippen LogP contribution in [-0.4, -0.2) is 10.9 Å². The van der Waals surface area contributed by atoms with Crippen molar-refractivity contribution >= 4 is 18.3 Å². The van der Waals surface area contributed by atoms with Gasteiger partial charge < -0.3 is 5.73 Å². The van der Waals surface area contributed by atoms with Crippen molar-refractivity contribution in [2.24, 2.45) is 5.73 Å². The second kappa shape index (κ2) is 3.34. The van der Waals surface area contributed by atoms with Gasteiger partial charge in [0.1, 0.15) is 0 Å². The molecule has 70 valence electrons. The molecule has 4 heteroatoms. The highest BCUT2D eigenvalue weighted by Crippen LogP contribution is 2.46. The summed E-state index contributed by atoms with van der Waals surface area (Å²) in [4.78, 5) is 15.2. The summed E-state index contributed by atoms with van der Waals surface area (Å²) in [6.45, 7) is 0. The molecule has 1 aliphatic carbocycles. The minimum Gasteiger partial charge on any atom is -0.369 e. The zero-order chi connectivity index (χ0) is 8.60. The van der Waals surface area contributed by atoms with Gasteiger partial charge in [-0.2, -0.15) is 0 Å². The first-order chi connectivity index (χ1) is 5.76. The van der Waals surface area contributed by atoms with E-state index in [0.717, 1.165) is 18.5 Å². The van der Waals surface area contributed by atoms with Gasteiger partial charge >= 0.3 is 0 Å². The number of aromatic nitrogens is 1. The smallest absolute Gasteiger partial charge is 0.229 e. The molecule has 1 aliphatic rings. The average molecular weight is 199 g/mol. The van der Waals surface area contributed by atoms with Crippen molar-refractivity contribution in [3.63, 3.8) is 0 Å². The molecule has 0 spiro atoms. The van der Waals surface area contributed by atoms with Gasteiger partial charge in [0, 0.05) is 6.20 Å². The largest absolute Gasteiger partial charge is 0.369 e. The van der Waals surface area contributed by atoms with E-state index in [1.54, 1.807) is 6.20 Å². The first kappa shape index (κ1) is 9.99. The second-order valence-electron chi connectivity index (χ2n) is 3.16. The molecule has 0 bridgehead atoms. The SMILES string of the molecule is Cl.NC(=O)C1(c2ccccn2)CC1. The first-order valence-electron chi connectivity index (χ1n) is 3.97. The van der Waals surface area contributed by atoms with Crippen molar-refractivity contribution in [2.45, 2.75) is 18.3 Å². The van der Waals surface area contributed by atoms with Crippen LogP contribution in [0.5, 0.6) is 0 Å². The van der Waals surface area contributed by atoms with E-state index in [9.17, 15) is 4.79 Å². The van der Waals surface area contributed by atoms with Crippen LogP contribution >= 0.6 is 12.4 Å². The van der Waals surface area contributed by atoms with Crippen LogP contribution in [0.15, 0.2) is 24.4 Å². The van der Waals surface area contributed by atoms with Crippen LogP contribution in [0.25, 0.3) is 0 Å². The Bertz CT molecular complexity index is 309. The molecule has 1 aromatic rings. The number of pyridine rings is 1. The van der Waals surface area contributed by atoms with Gasteiger partial charge in [-0.15, -0.1) is 12.4 Å². The lowest BCUT2D eigenvalue weighted by atomic mass is 10.0. The molecule has 1 amide bonds. The minimum atomic E-state index is -0.429. The monoisotopic (exact) mass is 198 g/mol. The third-order valence-electron chi connectivity index (χ3n) is 2.38. The van der Waals surface area contributed by atoms with Crippen LogP contribution in [0.1, 0.15) is 18.5 Å². The van der Waals surface area contributed by atoms with E-state index < -0.39 is 5.41 Å². The summed E-state index contributed by atoms with van der Waals surface area (Å²) in [6.07, 6.45) is 3.39. The molecule has 0 unspecified atom stereocenters. The lowest BCUT2D eigenvalue weighted by molar-refractivity contribution is -0.120. The van der Waals surface area contributed by atoms with Crippen molar-refractivity contribution < 1.29 is 4.79 Å². The third kappa shape index (κ3) is 1.52. The normalized spacial score (nSPS) is 17.2. The molecule has 0 radical (unpaired) electrons. The number of nitrogens with zero attached hydrogens (tertiary/aromatic N) is 1. The summed E-state index contributed by atoms with van der Waals surface area (Å²) < 4.78 is 0. The molecule has 1 saturated carbocycles. The second-order valence-corrected chi connectivity index (χ2v) is 3.16. The van der Waals surface area contributed by atoms with E-state index in [1.807, 2.05) is 18.2 Å². The summed E-state index contributed by atoms with van der Waals surface area (Å²) in [5.41, 5.74) is 5.67. The number of amides is 1. The Morgan fingerprint density at radius 1 is 1.46 bits per heavy atom. The Kier molecular flexibility index (Phi) is 2.57. The highest BCUT2D eigenvalue weighted by Gasteiger charge is 2.51. The molecular formula is C9H11ClN2O. The van der Waals surface area contributed by atoms with E-state index in [1.165, 1.54) is 0 Å². The van der Waals surface area contributed by atoms with Gasteiger partial charge in [-0.05, 0) is 25.0 Å². The highest BCUT2D eigenvalue weighted by molar-refractivity contribution is 5.89. The minimum absolute atomic E-state index is 0. The van der Waals surface area contributed by atoms with Gasteiger partial charge in [-0.1, -0.05) is 6.07 Å². The fraction of sp³-hybridized carbons (Fsp3) is 0.333. The number of carbonyl (C=O) groups excluding carboxylic acids is 1. The summed E-state index contributed by atoms with van der Waals surface area (Å²) >= 11 is 0. The highest BCUT2D eigenvalue weighted by atomic mass is 35.5. The van der Waals surface area contributed by atoms with Crippen molar-refractivity contribution in [1.29, 1.82) is 0 Å². The molecule has 1 heterocycles. The Hall–Kier alpha value is -1.09. The van der Waals surface area contributed by atoms with Crippen LogP contribution in [0.2, 0.25) is 0 Å². The Morgan fingerprint density at radius 2 is 2.15 bits per heavy atom. The molecule has 1 aromatic heterocycles. The number of carbonyl (C=O) groups is 1. The van der Waals surface area contributed by atoms with Crippen LogP contribution in [-0.2, 0) is 10.2 Å². The number of rotatable bonds is 2. The van der Waals surface area contributed by atoms with Crippen LogP contribution in [0.4, 0.5) is 0 Å². The van der Waals surface area contributed by atoms with E-state index >= 15 is 0 Å². The lowest BCUT2D eigenvalue weighted by Crippen LogP contribution is -2.29. The van der Waals surface area contributed by atoms with E-state index in [4.69, 9.17) is 5.73 Å². The van der Waals surface area contributed by atoms with Gasteiger partial charge in [-0.25, -0.2) is 0 Å². The predicted octanol–water partition coefficient (Wildman–Crippen LogP) is 1.02. The first-order valence-corrected chi connectivity index (χ1v) is 3.97. The quantitative estimate of drug-likeness (QED) is 0.772. The maximum Gasteiger partial charge on any atom is 0.229 e. The molecule has 2 N–H and O–H groups in total. The predicted molar refractivity (Wildman–Crippen MR) is 51.6 cm³/mol. The van der Waals surface area contributed by atoms with Gasteiger partial charge in [0.25, 0.3) is 0 Å². The van der Waals surface area contributed by atoms with E-state index in [2.05, 4.69) is 4.98 Å². The average Bonchev–Trinajstić information content (AvgIpc) is 2.86. The Balaban J connectivity index is 0.000000845. The van der Waals surface area contributed by atoms with Crippen molar-refractivity contribution in [2.75, 3.05) is 0 Å². The van der Waals surface area contributed by atoms with Crippen LogP contribution < -0.4 is 5.73 Å². The number of hydrogen-bond donors (Lipinski definition) is 1. The van der Waals surface area contributed by atoms with Gasteiger partial charge in [-0.3, -0.25) is 9.78 Å². The number of halogens is 1. The summed E-state index contributed by atoms with van der Waals surface area (Å²) in [7, 11) is 0. The molecule has 13 heavy (non-hydrogen) atoms. The standard InChI is InChI=1S/C9H10N2O.ClH/c10-8(12)9(4-5-9)7-3-1-2-6-11-7;/h1-3,6H,4-5H2,(H2,10,12);1H. The summed E-state index contributed by atoms with van der Waals surface area (Å²) in [5, 5.41) is 0.